The SMILES string of the molecule is CCCCN1C(=O)C(=O)/C(=C(\O)c2ccc(Br)c(C)c2)C1c1cccs1. The Morgan fingerprint density at radius 1 is 1.31 bits per heavy atom. The van der Waals surface area contributed by atoms with Crippen molar-refractivity contribution in [3.05, 3.63) is 61.8 Å². The summed E-state index contributed by atoms with van der Waals surface area (Å²) in [6, 6.07) is 8.66. The predicted molar refractivity (Wildman–Crippen MR) is 107 cm³/mol. The molecule has 0 aliphatic carbocycles. The summed E-state index contributed by atoms with van der Waals surface area (Å²) < 4.78 is 0.923. The van der Waals surface area contributed by atoms with E-state index in [4.69, 9.17) is 0 Å². The molecule has 1 saturated heterocycles. The second kappa shape index (κ2) is 7.76. The Bertz CT molecular complexity index is 873. The van der Waals surface area contributed by atoms with E-state index < -0.39 is 17.7 Å². The molecule has 26 heavy (non-hydrogen) atoms. The zero-order valence-corrected chi connectivity index (χ0v) is 17.1. The Kier molecular flexibility index (Phi) is 5.63. The topological polar surface area (TPSA) is 57.6 Å². The van der Waals surface area contributed by atoms with Crippen molar-refractivity contribution >= 4 is 44.7 Å². The summed E-state index contributed by atoms with van der Waals surface area (Å²) >= 11 is 4.92. The number of nitrogens with zero attached hydrogens (tertiary/aromatic N) is 1. The van der Waals surface area contributed by atoms with Gasteiger partial charge in [-0.15, -0.1) is 11.3 Å². The minimum Gasteiger partial charge on any atom is -0.507 e. The van der Waals surface area contributed by atoms with Crippen molar-refractivity contribution in [1.82, 2.24) is 4.90 Å². The maximum Gasteiger partial charge on any atom is 0.295 e. The first-order valence-electron chi connectivity index (χ1n) is 8.54. The normalized spacial score (nSPS) is 19.3. The number of halogens is 1. The summed E-state index contributed by atoms with van der Waals surface area (Å²) in [5.74, 6) is -1.26. The highest BCUT2D eigenvalue weighted by Crippen LogP contribution is 2.41. The number of benzene rings is 1. The Balaban J connectivity index is 2.14. The van der Waals surface area contributed by atoms with Crippen LogP contribution in [0.15, 0.2) is 45.8 Å². The van der Waals surface area contributed by atoms with Gasteiger partial charge in [0, 0.05) is 21.5 Å². The molecule has 1 amide bonds. The van der Waals surface area contributed by atoms with Crippen LogP contribution in [0.2, 0.25) is 0 Å². The number of amides is 1. The van der Waals surface area contributed by atoms with Crippen LogP contribution < -0.4 is 0 Å². The van der Waals surface area contributed by atoms with Crippen LogP contribution in [0, 0.1) is 6.92 Å². The molecule has 1 aromatic carbocycles. The third kappa shape index (κ3) is 3.35. The quantitative estimate of drug-likeness (QED) is 0.408. The molecule has 0 radical (unpaired) electrons. The first-order valence-corrected chi connectivity index (χ1v) is 10.2. The van der Waals surface area contributed by atoms with Crippen molar-refractivity contribution in [2.75, 3.05) is 6.54 Å². The number of hydrogen-bond donors (Lipinski definition) is 1. The number of hydrogen-bond acceptors (Lipinski definition) is 4. The highest BCUT2D eigenvalue weighted by molar-refractivity contribution is 9.10. The zero-order valence-electron chi connectivity index (χ0n) is 14.7. The van der Waals surface area contributed by atoms with Crippen LogP contribution >= 0.6 is 27.3 Å². The average molecular weight is 434 g/mol. The molecule has 6 heteroatoms. The van der Waals surface area contributed by atoms with Crippen molar-refractivity contribution in [3.8, 4) is 0 Å². The third-order valence-corrected chi connectivity index (χ3v) is 6.35. The van der Waals surface area contributed by atoms with Crippen LogP contribution in [0.25, 0.3) is 5.76 Å². The fourth-order valence-electron chi connectivity index (χ4n) is 3.13. The van der Waals surface area contributed by atoms with Gasteiger partial charge in [0.1, 0.15) is 5.76 Å². The summed E-state index contributed by atoms with van der Waals surface area (Å²) in [5, 5.41) is 12.8. The van der Waals surface area contributed by atoms with E-state index in [1.165, 1.54) is 11.3 Å². The van der Waals surface area contributed by atoms with E-state index in [2.05, 4.69) is 15.9 Å². The maximum absolute atomic E-state index is 12.7. The number of aliphatic hydroxyl groups is 1. The van der Waals surface area contributed by atoms with Crippen LogP contribution in [0.3, 0.4) is 0 Å². The van der Waals surface area contributed by atoms with E-state index in [0.29, 0.717) is 12.1 Å². The van der Waals surface area contributed by atoms with Crippen LogP contribution in [0.1, 0.15) is 41.8 Å². The molecule has 0 bridgehead atoms. The Morgan fingerprint density at radius 3 is 2.69 bits per heavy atom. The van der Waals surface area contributed by atoms with Gasteiger partial charge in [-0.1, -0.05) is 41.4 Å². The Morgan fingerprint density at radius 2 is 2.08 bits per heavy atom. The highest BCUT2D eigenvalue weighted by atomic mass is 79.9. The fourth-order valence-corrected chi connectivity index (χ4v) is 4.22. The van der Waals surface area contributed by atoms with Crippen LogP contribution in [-0.2, 0) is 9.59 Å². The van der Waals surface area contributed by atoms with Crippen molar-refractivity contribution in [2.24, 2.45) is 0 Å². The molecule has 1 aliphatic rings. The van der Waals surface area contributed by atoms with Gasteiger partial charge in [0.2, 0.25) is 0 Å². The summed E-state index contributed by atoms with van der Waals surface area (Å²) in [4.78, 5) is 27.8. The number of likely N-dealkylation sites (tertiary alicyclic amines) is 1. The lowest BCUT2D eigenvalue weighted by Crippen LogP contribution is -2.30. The van der Waals surface area contributed by atoms with E-state index >= 15 is 0 Å². The van der Waals surface area contributed by atoms with Gasteiger partial charge in [0.15, 0.2) is 0 Å². The summed E-state index contributed by atoms with van der Waals surface area (Å²) in [6.45, 7) is 4.46. The molecule has 1 N–H and O–H groups in total. The summed E-state index contributed by atoms with van der Waals surface area (Å²) in [7, 11) is 0. The number of rotatable bonds is 5. The molecule has 2 heterocycles. The minimum atomic E-state index is -0.613. The van der Waals surface area contributed by atoms with Gasteiger partial charge < -0.3 is 10.0 Å². The second-order valence-corrected chi connectivity index (χ2v) is 8.16. The molecule has 2 aromatic rings. The fraction of sp³-hybridized carbons (Fsp3) is 0.300. The van der Waals surface area contributed by atoms with E-state index in [1.54, 1.807) is 11.0 Å². The molecule has 1 aliphatic heterocycles. The third-order valence-electron chi connectivity index (χ3n) is 4.54. The molecule has 0 saturated carbocycles. The maximum atomic E-state index is 12.7. The largest absolute Gasteiger partial charge is 0.507 e. The first kappa shape index (κ1) is 18.9. The lowest BCUT2D eigenvalue weighted by atomic mass is 9.99. The molecular weight excluding hydrogens is 414 g/mol. The van der Waals surface area contributed by atoms with Crippen molar-refractivity contribution in [3.63, 3.8) is 0 Å². The first-order chi connectivity index (χ1) is 12.5. The number of aliphatic hydroxyl groups excluding tert-OH is 1. The average Bonchev–Trinajstić information content (AvgIpc) is 3.23. The standard InChI is InChI=1S/C20H20BrNO3S/c1-3-4-9-22-17(15-6-5-10-26-15)16(19(24)20(22)25)18(23)13-7-8-14(21)12(2)11-13/h5-8,10-11,17,23H,3-4,9H2,1-2H3/b18-16-. The molecule has 1 unspecified atom stereocenters. The van der Waals surface area contributed by atoms with E-state index in [9.17, 15) is 14.7 Å². The molecule has 3 rings (SSSR count). The number of unbranched alkanes of at least 4 members (excludes halogenated alkanes) is 1. The summed E-state index contributed by atoms with van der Waals surface area (Å²) in [5.41, 5.74) is 1.66. The summed E-state index contributed by atoms with van der Waals surface area (Å²) in [6.07, 6.45) is 1.73. The van der Waals surface area contributed by atoms with Crippen LogP contribution in [0.5, 0.6) is 0 Å². The molecule has 4 nitrogen and oxygen atoms in total. The smallest absolute Gasteiger partial charge is 0.295 e. The lowest BCUT2D eigenvalue weighted by Gasteiger charge is -2.23. The van der Waals surface area contributed by atoms with Gasteiger partial charge in [0.05, 0.1) is 11.6 Å². The number of carbonyl (C=O) groups excluding carboxylic acids is 2. The lowest BCUT2D eigenvalue weighted by molar-refractivity contribution is -0.139. The predicted octanol–water partition coefficient (Wildman–Crippen LogP) is 5.04. The zero-order chi connectivity index (χ0) is 18.8. The number of ketones is 1. The molecule has 1 atom stereocenters. The number of Topliss-reactive ketones (excluding diaryl/α,β-unsaturated/α-hetero) is 1. The Labute approximate surface area is 165 Å². The van der Waals surface area contributed by atoms with E-state index in [0.717, 1.165) is 27.8 Å². The Hall–Kier alpha value is -1.92. The van der Waals surface area contributed by atoms with Crippen molar-refractivity contribution in [2.45, 2.75) is 32.7 Å². The molecular formula is C20H20BrNO3S. The van der Waals surface area contributed by atoms with Gasteiger partial charge in [-0.25, -0.2) is 0 Å². The van der Waals surface area contributed by atoms with Gasteiger partial charge in [-0.2, -0.15) is 0 Å². The molecule has 1 fully saturated rings. The second-order valence-electron chi connectivity index (χ2n) is 6.33. The van der Waals surface area contributed by atoms with Crippen LogP contribution in [0.4, 0.5) is 0 Å². The number of aryl methyl sites for hydroxylation is 1. The van der Waals surface area contributed by atoms with Gasteiger partial charge >= 0.3 is 0 Å². The number of thiophene rings is 1. The van der Waals surface area contributed by atoms with Crippen molar-refractivity contribution < 1.29 is 14.7 Å². The van der Waals surface area contributed by atoms with Crippen molar-refractivity contribution in [1.29, 1.82) is 0 Å². The highest BCUT2D eigenvalue weighted by Gasteiger charge is 2.46. The van der Waals surface area contributed by atoms with E-state index in [1.807, 2.05) is 43.5 Å². The van der Waals surface area contributed by atoms with Crippen LogP contribution in [-0.4, -0.2) is 28.2 Å². The molecule has 136 valence electrons. The molecule has 0 spiro atoms. The van der Waals surface area contributed by atoms with Gasteiger partial charge in [-0.05, 0) is 42.5 Å². The monoisotopic (exact) mass is 433 g/mol. The molecule has 1 aromatic heterocycles. The van der Waals surface area contributed by atoms with Gasteiger partial charge in [-0.3, -0.25) is 9.59 Å². The van der Waals surface area contributed by atoms with Gasteiger partial charge in [0.25, 0.3) is 11.7 Å². The number of carbonyl (C=O) groups is 2. The van der Waals surface area contributed by atoms with E-state index in [-0.39, 0.29) is 11.3 Å². The minimum absolute atomic E-state index is 0.114.